The number of carbonyl (C=O) groups excluding carboxylic acids is 1. The number of methoxy groups -OCH3 is 1. The first-order valence-corrected chi connectivity index (χ1v) is 9.01. The first-order chi connectivity index (χ1) is 9.20. The number of aliphatic hydroxyl groups is 1. The number of hydrogen-bond acceptors (Lipinski definition) is 3. The summed E-state index contributed by atoms with van der Waals surface area (Å²) in [6, 6.07) is 9.33. The van der Waals surface area contributed by atoms with Gasteiger partial charge in [-0.3, -0.25) is 0 Å². The van der Waals surface area contributed by atoms with Crippen molar-refractivity contribution >= 4 is 20.9 Å². The van der Waals surface area contributed by atoms with Crippen LogP contribution < -0.4 is 0 Å². The summed E-state index contributed by atoms with van der Waals surface area (Å²) >= 11 is 0.380. The summed E-state index contributed by atoms with van der Waals surface area (Å²) in [5.41, 5.74) is 0.782. The van der Waals surface area contributed by atoms with Gasteiger partial charge in [-0.15, -0.1) is 0 Å². The van der Waals surface area contributed by atoms with Crippen molar-refractivity contribution in [1.82, 2.24) is 0 Å². The predicted octanol–water partition coefficient (Wildman–Crippen LogP) is 2.85. The molecule has 0 fully saturated rings. The van der Waals surface area contributed by atoms with Crippen LogP contribution in [0.15, 0.2) is 30.3 Å². The number of aliphatic hydroxyl groups excluding tert-OH is 1. The van der Waals surface area contributed by atoms with E-state index in [1.54, 1.807) is 0 Å². The van der Waals surface area contributed by atoms with E-state index in [1.807, 2.05) is 30.3 Å². The molecule has 19 heavy (non-hydrogen) atoms. The zero-order valence-corrected chi connectivity index (χ0v) is 13.3. The molecule has 1 rings (SSSR count). The number of ether oxygens (including phenoxy) is 1. The molecule has 2 unspecified atom stereocenters. The molecule has 0 saturated carbocycles. The second-order valence-electron chi connectivity index (χ2n) is 4.41. The molecule has 0 aliphatic heterocycles. The van der Waals surface area contributed by atoms with Gasteiger partial charge in [-0.1, -0.05) is 0 Å². The summed E-state index contributed by atoms with van der Waals surface area (Å²) in [6.07, 6.45) is 1.60. The summed E-state index contributed by atoms with van der Waals surface area (Å²) in [6.45, 7) is 2.16. The van der Waals surface area contributed by atoms with Crippen LogP contribution in [0.3, 0.4) is 0 Å². The van der Waals surface area contributed by atoms with Crippen molar-refractivity contribution in [2.75, 3.05) is 7.11 Å². The molecule has 0 saturated heterocycles. The molecule has 4 heteroatoms. The predicted molar refractivity (Wildman–Crippen MR) is 77.2 cm³/mol. The molecule has 106 valence electrons. The van der Waals surface area contributed by atoms with Crippen LogP contribution in [0.2, 0.25) is 10.6 Å². The number of unbranched alkanes of at least 4 members (excludes halogenated alkanes) is 1. The molecule has 2 atom stereocenters. The SMILES string of the molecule is CCCC[Se]CC(C(=O)OC)C(O)c1ccccc1. The van der Waals surface area contributed by atoms with Crippen LogP contribution in [0.5, 0.6) is 0 Å². The molecule has 3 nitrogen and oxygen atoms in total. The molecule has 0 radical (unpaired) electrons. The fourth-order valence-corrected chi connectivity index (χ4v) is 4.36. The standard InChI is InChI=1S/C15H22O3Se/c1-3-4-10-19-11-13(15(17)18-2)14(16)12-8-6-5-7-9-12/h5-9,13-14,16H,3-4,10-11H2,1-2H3. The van der Waals surface area contributed by atoms with Crippen LogP contribution >= 0.6 is 0 Å². The minimum absolute atomic E-state index is 0.310. The fourth-order valence-electron chi connectivity index (χ4n) is 1.78. The van der Waals surface area contributed by atoms with E-state index in [0.29, 0.717) is 15.0 Å². The molecule has 0 amide bonds. The van der Waals surface area contributed by atoms with Gasteiger partial charge < -0.3 is 0 Å². The van der Waals surface area contributed by atoms with Crippen molar-refractivity contribution in [2.45, 2.75) is 36.5 Å². The summed E-state index contributed by atoms with van der Waals surface area (Å²) in [5.74, 6) is -0.751. The van der Waals surface area contributed by atoms with Gasteiger partial charge in [0.2, 0.25) is 0 Å². The third kappa shape index (κ3) is 5.35. The van der Waals surface area contributed by atoms with Crippen molar-refractivity contribution in [2.24, 2.45) is 5.92 Å². The fraction of sp³-hybridized carbons (Fsp3) is 0.533. The van der Waals surface area contributed by atoms with E-state index in [-0.39, 0.29) is 5.97 Å². The third-order valence-corrected chi connectivity index (χ3v) is 5.43. The number of rotatable bonds is 8. The van der Waals surface area contributed by atoms with Crippen molar-refractivity contribution in [3.05, 3.63) is 35.9 Å². The Morgan fingerprint density at radius 1 is 1.37 bits per heavy atom. The van der Waals surface area contributed by atoms with Gasteiger partial charge >= 0.3 is 121 Å². The molecule has 0 aliphatic carbocycles. The third-order valence-electron chi connectivity index (χ3n) is 2.97. The van der Waals surface area contributed by atoms with E-state index in [2.05, 4.69) is 6.92 Å². The van der Waals surface area contributed by atoms with Gasteiger partial charge in [-0.05, 0) is 0 Å². The van der Waals surface area contributed by atoms with Gasteiger partial charge in [0.1, 0.15) is 0 Å². The summed E-state index contributed by atoms with van der Waals surface area (Å²) in [5, 5.41) is 12.2. The normalized spacial score (nSPS) is 13.8. The zero-order chi connectivity index (χ0) is 14.1. The van der Waals surface area contributed by atoms with Crippen LogP contribution in [-0.2, 0) is 9.53 Å². The Morgan fingerprint density at radius 2 is 2.05 bits per heavy atom. The van der Waals surface area contributed by atoms with Gasteiger partial charge in [-0.25, -0.2) is 0 Å². The number of hydrogen-bond donors (Lipinski definition) is 1. The topological polar surface area (TPSA) is 46.5 Å². The molecule has 0 spiro atoms. The molecule has 1 aromatic rings. The van der Waals surface area contributed by atoms with Gasteiger partial charge in [-0.2, -0.15) is 0 Å². The van der Waals surface area contributed by atoms with Gasteiger partial charge in [0.25, 0.3) is 0 Å². The van der Waals surface area contributed by atoms with Gasteiger partial charge in [0.05, 0.1) is 0 Å². The maximum atomic E-state index is 11.8. The van der Waals surface area contributed by atoms with Gasteiger partial charge in [0.15, 0.2) is 0 Å². The van der Waals surface area contributed by atoms with Crippen molar-refractivity contribution in [3.8, 4) is 0 Å². The quantitative estimate of drug-likeness (QED) is 0.453. The summed E-state index contributed by atoms with van der Waals surface area (Å²) in [7, 11) is 1.38. The van der Waals surface area contributed by atoms with Crippen LogP contribution in [0.1, 0.15) is 31.4 Å². The van der Waals surface area contributed by atoms with Crippen LogP contribution in [-0.4, -0.2) is 33.1 Å². The Bertz CT molecular complexity index is 367. The Morgan fingerprint density at radius 3 is 2.63 bits per heavy atom. The minimum atomic E-state index is -0.767. The number of esters is 1. The first-order valence-electron chi connectivity index (χ1n) is 6.59. The Balaban J connectivity index is 2.65. The molecule has 1 N–H and O–H groups in total. The Kier molecular flexibility index (Phi) is 7.80. The van der Waals surface area contributed by atoms with Crippen molar-refractivity contribution in [1.29, 1.82) is 0 Å². The van der Waals surface area contributed by atoms with Crippen LogP contribution in [0.4, 0.5) is 0 Å². The first kappa shape index (κ1) is 16.2. The van der Waals surface area contributed by atoms with E-state index < -0.39 is 12.0 Å². The monoisotopic (exact) mass is 330 g/mol. The molecule has 1 aromatic carbocycles. The summed E-state index contributed by atoms with van der Waals surface area (Å²) < 4.78 is 4.82. The number of benzene rings is 1. The molecule has 0 heterocycles. The van der Waals surface area contributed by atoms with E-state index >= 15 is 0 Å². The average molecular weight is 329 g/mol. The second-order valence-corrected chi connectivity index (χ2v) is 6.83. The zero-order valence-electron chi connectivity index (χ0n) is 11.5. The molecule has 0 aliphatic rings. The van der Waals surface area contributed by atoms with Crippen molar-refractivity contribution in [3.63, 3.8) is 0 Å². The van der Waals surface area contributed by atoms with Crippen LogP contribution in [0, 0.1) is 5.92 Å². The van der Waals surface area contributed by atoms with Gasteiger partial charge in [0, 0.05) is 0 Å². The summed E-state index contributed by atoms with van der Waals surface area (Å²) in [4.78, 5) is 11.8. The Hall–Kier alpha value is -0.831. The molecule has 0 bridgehead atoms. The second kappa shape index (κ2) is 9.13. The molecule has 0 aromatic heterocycles. The van der Waals surface area contributed by atoms with E-state index in [1.165, 1.54) is 20.0 Å². The molecular formula is C15H22O3Se. The maximum absolute atomic E-state index is 11.8. The Labute approximate surface area is 121 Å². The van der Waals surface area contributed by atoms with Crippen molar-refractivity contribution < 1.29 is 14.6 Å². The average Bonchev–Trinajstić information content (AvgIpc) is 2.47. The van der Waals surface area contributed by atoms with E-state index in [4.69, 9.17) is 4.74 Å². The molecular weight excluding hydrogens is 307 g/mol. The van der Waals surface area contributed by atoms with Crippen LogP contribution in [0.25, 0.3) is 0 Å². The van der Waals surface area contributed by atoms with E-state index in [0.717, 1.165) is 16.2 Å². The van der Waals surface area contributed by atoms with E-state index in [9.17, 15) is 9.90 Å². The number of carbonyl (C=O) groups is 1.